The van der Waals surface area contributed by atoms with Crippen LogP contribution in [0.4, 0.5) is 0 Å². The molecule has 3 heterocycles. The number of rotatable bonds is 3. The highest BCUT2D eigenvalue weighted by atomic mass is 15.0. The van der Waals surface area contributed by atoms with Crippen LogP contribution in [0.2, 0.25) is 0 Å². The minimum Gasteiger partial charge on any atom is -0.308 e. The van der Waals surface area contributed by atoms with E-state index in [1.807, 2.05) is 6.33 Å². The summed E-state index contributed by atoms with van der Waals surface area (Å²) in [6, 6.07) is 16.5. The van der Waals surface area contributed by atoms with Crippen molar-refractivity contribution in [1.82, 2.24) is 9.38 Å². The average molecular weight is 475 g/mol. The van der Waals surface area contributed by atoms with Gasteiger partial charge in [0.2, 0.25) is 0 Å². The molecule has 3 aromatic heterocycles. The molecule has 182 valence electrons. The summed E-state index contributed by atoms with van der Waals surface area (Å²) >= 11 is 0. The molecule has 3 aromatic carbocycles. The van der Waals surface area contributed by atoms with E-state index in [-0.39, 0.29) is 5.41 Å². The van der Waals surface area contributed by atoms with E-state index >= 15 is 0 Å². The van der Waals surface area contributed by atoms with E-state index in [1.165, 1.54) is 92.4 Å². The highest BCUT2D eigenvalue weighted by molar-refractivity contribution is 6.25. The van der Waals surface area contributed by atoms with Crippen molar-refractivity contribution in [1.29, 1.82) is 0 Å². The predicted molar refractivity (Wildman–Crippen MR) is 151 cm³/mol. The Morgan fingerprint density at radius 3 is 2.56 bits per heavy atom. The van der Waals surface area contributed by atoms with Crippen LogP contribution in [0.25, 0.3) is 49.1 Å². The fraction of sp³-hybridized carbons (Fsp3) is 0.394. The predicted octanol–water partition coefficient (Wildman–Crippen LogP) is 7.84. The molecule has 0 radical (unpaired) electrons. The van der Waals surface area contributed by atoms with Crippen LogP contribution in [0, 0.1) is 18.3 Å². The Morgan fingerprint density at radius 2 is 1.78 bits per heavy atom. The van der Waals surface area contributed by atoms with Gasteiger partial charge in [0, 0.05) is 16.2 Å². The quantitative estimate of drug-likeness (QED) is 0.145. The van der Waals surface area contributed by atoms with Gasteiger partial charge in [0.25, 0.3) is 6.33 Å². The largest absolute Gasteiger partial charge is 0.308 e. The van der Waals surface area contributed by atoms with Crippen molar-refractivity contribution < 1.29 is 4.57 Å². The zero-order chi connectivity index (χ0) is 24.8. The second-order valence-electron chi connectivity index (χ2n) is 12.6. The highest BCUT2D eigenvalue weighted by Crippen LogP contribution is 2.42. The summed E-state index contributed by atoms with van der Waals surface area (Å²) in [4.78, 5) is 4.97. The van der Waals surface area contributed by atoms with Crippen LogP contribution in [-0.2, 0) is 19.9 Å². The summed E-state index contributed by atoms with van der Waals surface area (Å²) in [6.07, 6.45) is 9.74. The first kappa shape index (κ1) is 22.0. The first-order valence-corrected chi connectivity index (χ1v) is 13.7. The summed E-state index contributed by atoms with van der Waals surface area (Å²) in [5.41, 5.74) is 10.9. The standard InChI is InChI=1S/C33H36N3/c1-20-13-14-24-29-23(18-33(2,3)4)11-8-12-26(29)36-27-17-22(15-21-9-6-7-10-21)16-25-30(27)32(28(20)31(24)36)35(5)19-34-25/h8,11-14,16-17,19,21H,6-7,9-10,15,18H2,1-5H3/q+1. The minimum atomic E-state index is 0.226. The third-order valence-electron chi connectivity index (χ3n) is 8.56. The number of nitrogens with zero attached hydrogens (tertiary/aromatic N) is 3. The second kappa shape index (κ2) is 7.65. The van der Waals surface area contributed by atoms with Gasteiger partial charge in [-0.3, -0.25) is 0 Å². The molecule has 36 heavy (non-hydrogen) atoms. The van der Waals surface area contributed by atoms with Gasteiger partial charge in [-0.25, -0.2) is 4.57 Å². The molecule has 3 heteroatoms. The Bertz CT molecular complexity index is 1790. The van der Waals surface area contributed by atoms with Crippen molar-refractivity contribution >= 4 is 49.1 Å². The molecule has 0 unspecified atom stereocenters. The molecular formula is C33H36N3+. The maximum atomic E-state index is 4.97. The van der Waals surface area contributed by atoms with Gasteiger partial charge < -0.3 is 4.40 Å². The van der Waals surface area contributed by atoms with Crippen LogP contribution in [-0.4, -0.2) is 9.38 Å². The van der Waals surface area contributed by atoms with Gasteiger partial charge in [0.15, 0.2) is 5.52 Å². The number of pyridine rings is 1. The van der Waals surface area contributed by atoms with Crippen LogP contribution in [0.1, 0.15) is 63.1 Å². The fourth-order valence-electron chi connectivity index (χ4n) is 7.14. The number of hydrogen-bond acceptors (Lipinski definition) is 1. The van der Waals surface area contributed by atoms with E-state index in [0.29, 0.717) is 0 Å². The first-order chi connectivity index (χ1) is 17.3. The van der Waals surface area contributed by atoms with Crippen LogP contribution in [0.5, 0.6) is 0 Å². The Morgan fingerprint density at radius 1 is 0.972 bits per heavy atom. The molecule has 1 fully saturated rings. The van der Waals surface area contributed by atoms with Crippen LogP contribution >= 0.6 is 0 Å². The topological polar surface area (TPSA) is 21.2 Å². The molecule has 1 saturated carbocycles. The molecule has 0 spiro atoms. The zero-order valence-corrected chi connectivity index (χ0v) is 22.3. The monoisotopic (exact) mass is 474 g/mol. The van der Waals surface area contributed by atoms with E-state index in [1.54, 1.807) is 0 Å². The van der Waals surface area contributed by atoms with E-state index in [9.17, 15) is 0 Å². The molecular weight excluding hydrogens is 438 g/mol. The Labute approximate surface area is 213 Å². The number of benzene rings is 3. The maximum absolute atomic E-state index is 4.97. The number of fused-ring (bicyclic) bond motifs is 5. The van der Waals surface area contributed by atoms with Gasteiger partial charge in [-0.1, -0.05) is 70.7 Å². The molecule has 0 amide bonds. The zero-order valence-electron chi connectivity index (χ0n) is 22.3. The van der Waals surface area contributed by atoms with Crippen molar-refractivity contribution in [3.8, 4) is 0 Å². The normalized spacial score (nSPS) is 15.6. The maximum Gasteiger partial charge on any atom is 0.287 e. The van der Waals surface area contributed by atoms with Crippen LogP contribution in [0.3, 0.4) is 0 Å². The summed E-state index contributed by atoms with van der Waals surface area (Å²) in [7, 11) is 2.15. The third-order valence-corrected chi connectivity index (χ3v) is 8.56. The summed E-state index contributed by atoms with van der Waals surface area (Å²) in [5, 5.41) is 5.44. The Hall–Kier alpha value is -3.20. The van der Waals surface area contributed by atoms with Gasteiger partial charge >= 0.3 is 0 Å². The molecule has 0 atom stereocenters. The van der Waals surface area contributed by atoms with Gasteiger partial charge in [-0.05, 0) is 71.0 Å². The van der Waals surface area contributed by atoms with E-state index in [4.69, 9.17) is 4.98 Å². The molecule has 0 bridgehead atoms. The van der Waals surface area contributed by atoms with Gasteiger partial charge in [-0.2, -0.15) is 0 Å². The van der Waals surface area contributed by atoms with Crippen molar-refractivity contribution in [2.45, 2.75) is 66.2 Å². The van der Waals surface area contributed by atoms with Gasteiger partial charge in [0.05, 0.1) is 29.0 Å². The lowest BCUT2D eigenvalue weighted by molar-refractivity contribution is -0.646. The molecule has 0 saturated heterocycles. The van der Waals surface area contributed by atoms with Crippen molar-refractivity contribution in [2.75, 3.05) is 0 Å². The molecule has 3 nitrogen and oxygen atoms in total. The van der Waals surface area contributed by atoms with Crippen molar-refractivity contribution in [2.24, 2.45) is 18.4 Å². The number of aryl methyl sites for hydroxylation is 2. The third kappa shape index (κ3) is 3.18. The average Bonchev–Trinajstić information content (AvgIpc) is 3.45. The lowest BCUT2D eigenvalue weighted by atomic mass is 9.86. The van der Waals surface area contributed by atoms with Gasteiger partial charge in [0.1, 0.15) is 5.52 Å². The van der Waals surface area contributed by atoms with Crippen molar-refractivity contribution in [3.05, 3.63) is 65.5 Å². The SMILES string of the molecule is Cc1ccc2c3c(CC(C)(C)C)cccc3n3c4cc(CC5CCCC5)cc5nc[n+](C)c(c1c23)c54. The summed E-state index contributed by atoms with van der Waals surface area (Å²) in [6.45, 7) is 9.29. The fourth-order valence-corrected chi connectivity index (χ4v) is 7.14. The van der Waals surface area contributed by atoms with E-state index in [0.717, 1.165) is 17.9 Å². The van der Waals surface area contributed by atoms with Crippen LogP contribution in [0.15, 0.2) is 48.8 Å². The molecule has 6 aromatic rings. The lowest BCUT2D eigenvalue weighted by Gasteiger charge is -2.19. The summed E-state index contributed by atoms with van der Waals surface area (Å²) < 4.78 is 4.82. The number of hydrogen-bond donors (Lipinski definition) is 0. The Kier molecular flexibility index (Phi) is 4.68. The smallest absolute Gasteiger partial charge is 0.287 e. The van der Waals surface area contributed by atoms with Crippen molar-refractivity contribution in [3.63, 3.8) is 0 Å². The van der Waals surface area contributed by atoms with E-state index in [2.05, 4.69) is 86.2 Å². The molecule has 1 aliphatic rings. The second-order valence-corrected chi connectivity index (χ2v) is 12.6. The van der Waals surface area contributed by atoms with Crippen LogP contribution < -0.4 is 4.57 Å². The Balaban J connectivity index is 1.69. The number of aromatic nitrogens is 3. The van der Waals surface area contributed by atoms with Gasteiger partial charge in [-0.15, -0.1) is 0 Å². The molecule has 0 aliphatic heterocycles. The minimum absolute atomic E-state index is 0.226. The highest BCUT2D eigenvalue weighted by Gasteiger charge is 2.26. The lowest BCUT2D eigenvalue weighted by Crippen LogP contribution is -2.30. The van der Waals surface area contributed by atoms with E-state index < -0.39 is 0 Å². The summed E-state index contributed by atoms with van der Waals surface area (Å²) in [5.74, 6) is 0.812. The molecule has 7 rings (SSSR count). The molecule has 1 aliphatic carbocycles. The first-order valence-electron chi connectivity index (χ1n) is 13.7. The molecule has 0 N–H and O–H groups in total.